The Labute approximate surface area is 111 Å². The van der Waals surface area contributed by atoms with Gasteiger partial charge in [0.2, 0.25) is 0 Å². The second-order valence-corrected chi connectivity index (χ2v) is 5.89. The lowest BCUT2D eigenvalue weighted by Crippen LogP contribution is -2.33. The van der Waals surface area contributed by atoms with Gasteiger partial charge in [-0.3, -0.25) is 0 Å². The summed E-state index contributed by atoms with van der Waals surface area (Å²) in [6.07, 6.45) is 1.17. The van der Waals surface area contributed by atoms with Crippen LogP contribution in [0.2, 0.25) is 0 Å². The number of anilines is 2. The summed E-state index contributed by atoms with van der Waals surface area (Å²) >= 11 is 1.52. The van der Waals surface area contributed by atoms with Gasteiger partial charge in [-0.2, -0.15) is 0 Å². The molecule has 18 heavy (non-hydrogen) atoms. The fourth-order valence-corrected chi connectivity index (χ4v) is 3.20. The van der Waals surface area contributed by atoms with Gasteiger partial charge in [-0.1, -0.05) is 25.1 Å². The van der Waals surface area contributed by atoms with Crippen LogP contribution in [0, 0.1) is 5.92 Å². The highest BCUT2D eigenvalue weighted by Crippen LogP contribution is 2.30. The van der Waals surface area contributed by atoms with Crippen LogP contribution in [0.1, 0.15) is 18.2 Å². The maximum atomic E-state index is 5.69. The van der Waals surface area contributed by atoms with Gasteiger partial charge in [0.15, 0.2) is 5.13 Å². The van der Waals surface area contributed by atoms with Gasteiger partial charge in [-0.15, -0.1) is 11.3 Å². The fraction of sp³-hybridized carbons (Fsp3) is 0.357. The maximum Gasteiger partial charge on any atom is 0.180 e. The number of hydrogen-bond acceptors (Lipinski definition) is 4. The molecule has 2 N–H and O–H groups in total. The van der Waals surface area contributed by atoms with Gasteiger partial charge < -0.3 is 10.6 Å². The molecular weight excluding hydrogens is 242 g/mol. The van der Waals surface area contributed by atoms with Gasteiger partial charge in [0, 0.05) is 17.6 Å². The molecule has 0 aliphatic carbocycles. The van der Waals surface area contributed by atoms with E-state index in [1.165, 1.54) is 29.0 Å². The van der Waals surface area contributed by atoms with Gasteiger partial charge >= 0.3 is 0 Å². The molecule has 1 atom stereocenters. The first-order valence-corrected chi connectivity index (χ1v) is 7.13. The Morgan fingerprint density at radius 2 is 2.28 bits per heavy atom. The average Bonchev–Trinajstić information content (AvgIpc) is 2.74. The highest BCUT2D eigenvalue weighted by atomic mass is 32.1. The predicted octanol–water partition coefficient (Wildman–Crippen LogP) is 2.92. The first kappa shape index (κ1) is 11.5. The SMILES string of the molecule is CC1Cc2ccccc2N(Cc2csc(N)n2)C1. The monoisotopic (exact) mass is 259 g/mol. The summed E-state index contributed by atoms with van der Waals surface area (Å²) in [6.45, 7) is 4.25. The van der Waals surface area contributed by atoms with E-state index in [1.54, 1.807) is 0 Å². The zero-order chi connectivity index (χ0) is 12.5. The van der Waals surface area contributed by atoms with Crippen molar-refractivity contribution in [1.29, 1.82) is 0 Å². The van der Waals surface area contributed by atoms with Crippen LogP contribution >= 0.6 is 11.3 Å². The Morgan fingerprint density at radius 3 is 3.06 bits per heavy atom. The standard InChI is InChI=1S/C14H17N3S/c1-10-6-11-4-2-3-5-13(11)17(7-10)8-12-9-18-14(15)16-12/h2-5,9-10H,6-8H2,1H3,(H2,15,16). The van der Waals surface area contributed by atoms with Gasteiger partial charge in [0.1, 0.15) is 0 Å². The molecule has 3 rings (SSSR count). The smallest absolute Gasteiger partial charge is 0.180 e. The largest absolute Gasteiger partial charge is 0.375 e. The average molecular weight is 259 g/mol. The third-order valence-corrected chi connectivity index (χ3v) is 4.08. The molecule has 1 aliphatic heterocycles. The molecule has 0 bridgehead atoms. The van der Waals surface area contributed by atoms with E-state index in [-0.39, 0.29) is 0 Å². The Balaban J connectivity index is 1.88. The molecule has 1 aliphatic rings. The van der Waals surface area contributed by atoms with E-state index >= 15 is 0 Å². The molecule has 0 spiro atoms. The highest BCUT2D eigenvalue weighted by molar-refractivity contribution is 7.13. The quantitative estimate of drug-likeness (QED) is 0.901. The third-order valence-electron chi connectivity index (χ3n) is 3.36. The molecule has 0 radical (unpaired) electrons. The third kappa shape index (κ3) is 2.20. The van der Waals surface area contributed by atoms with Crippen LogP contribution in [0.25, 0.3) is 0 Å². The van der Waals surface area contributed by atoms with Gasteiger partial charge in [-0.25, -0.2) is 4.98 Å². The summed E-state index contributed by atoms with van der Waals surface area (Å²) in [5, 5.41) is 2.71. The van der Waals surface area contributed by atoms with Crippen LogP contribution in [0.15, 0.2) is 29.6 Å². The normalized spacial score (nSPS) is 18.7. The number of nitrogens with zero attached hydrogens (tertiary/aromatic N) is 2. The predicted molar refractivity (Wildman–Crippen MR) is 76.9 cm³/mol. The van der Waals surface area contributed by atoms with E-state index in [4.69, 9.17) is 5.73 Å². The van der Waals surface area contributed by atoms with Crippen LogP contribution in [-0.4, -0.2) is 11.5 Å². The number of aromatic nitrogens is 1. The maximum absolute atomic E-state index is 5.69. The Morgan fingerprint density at radius 1 is 1.44 bits per heavy atom. The topological polar surface area (TPSA) is 42.1 Å². The second-order valence-electron chi connectivity index (χ2n) is 5.00. The first-order valence-electron chi connectivity index (χ1n) is 6.25. The number of thiazole rings is 1. The van der Waals surface area contributed by atoms with Crippen molar-refractivity contribution in [3.05, 3.63) is 40.9 Å². The summed E-state index contributed by atoms with van der Waals surface area (Å²) in [5.74, 6) is 0.691. The number of hydrogen-bond donors (Lipinski definition) is 1. The zero-order valence-electron chi connectivity index (χ0n) is 10.5. The molecule has 3 nitrogen and oxygen atoms in total. The lowest BCUT2D eigenvalue weighted by molar-refractivity contribution is 0.529. The molecule has 4 heteroatoms. The minimum atomic E-state index is 0.656. The van der Waals surface area contributed by atoms with Crippen molar-refractivity contribution < 1.29 is 0 Å². The van der Waals surface area contributed by atoms with Gasteiger partial charge in [0.05, 0.1) is 12.2 Å². The lowest BCUT2D eigenvalue weighted by Gasteiger charge is -2.34. The highest BCUT2D eigenvalue weighted by Gasteiger charge is 2.21. The van der Waals surface area contributed by atoms with E-state index < -0.39 is 0 Å². The van der Waals surface area contributed by atoms with Crippen molar-refractivity contribution >= 4 is 22.2 Å². The molecule has 0 saturated carbocycles. The van der Waals surface area contributed by atoms with E-state index in [2.05, 4.69) is 46.5 Å². The second kappa shape index (κ2) is 4.61. The number of nitrogen functional groups attached to an aromatic ring is 1. The molecule has 0 fully saturated rings. The van der Waals surface area contributed by atoms with Crippen LogP contribution < -0.4 is 10.6 Å². The van der Waals surface area contributed by atoms with Crippen LogP contribution in [-0.2, 0) is 13.0 Å². The molecule has 0 amide bonds. The Hall–Kier alpha value is -1.55. The molecule has 0 saturated heterocycles. The summed E-state index contributed by atoms with van der Waals surface area (Å²) in [5.41, 5.74) is 9.56. The van der Waals surface area contributed by atoms with E-state index in [0.29, 0.717) is 11.0 Å². The molecule has 1 aromatic heterocycles. The van der Waals surface area contributed by atoms with Crippen molar-refractivity contribution in [2.45, 2.75) is 19.9 Å². The molecular formula is C14H17N3S. The van der Waals surface area contributed by atoms with Crippen molar-refractivity contribution in [3.8, 4) is 0 Å². The number of fused-ring (bicyclic) bond motifs is 1. The van der Waals surface area contributed by atoms with E-state index in [1.807, 2.05) is 0 Å². The van der Waals surface area contributed by atoms with Crippen molar-refractivity contribution in [1.82, 2.24) is 4.98 Å². The van der Waals surface area contributed by atoms with E-state index in [0.717, 1.165) is 18.8 Å². The van der Waals surface area contributed by atoms with Crippen LogP contribution in [0.5, 0.6) is 0 Å². The molecule has 2 aromatic rings. The van der Waals surface area contributed by atoms with Crippen molar-refractivity contribution in [3.63, 3.8) is 0 Å². The van der Waals surface area contributed by atoms with Gasteiger partial charge in [0.25, 0.3) is 0 Å². The number of para-hydroxylation sites is 1. The van der Waals surface area contributed by atoms with Gasteiger partial charge in [-0.05, 0) is 24.0 Å². The summed E-state index contributed by atoms with van der Waals surface area (Å²) in [4.78, 5) is 6.77. The fourth-order valence-electron chi connectivity index (χ4n) is 2.65. The summed E-state index contributed by atoms with van der Waals surface area (Å²) in [6, 6.07) is 8.66. The minimum Gasteiger partial charge on any atom is -0.375 e. The molecule has 1 unspecified atom stereocenters. The minimum absolute atomic E-state index is 0.656. The zero-order valence-corrected chi connectivity index (χ0v) is 11.3. The number of rotatable bonds is 2. The summed E-state index contributed by atoms with van der Waals surface area (Å²) < 4.78 is 0. The first-order chi connectivity index (χ1) is 8.72. The molecule has 2 heterocycles. The van der Waals surface area contributed by atoms with E-state index in [9.17, 15) is 0 Å². The number of nitrogens with two attached hydrogens (primary N) is 1. The summed E-state index contributed by atoms with van der Waals surface area (Å²) in [7, 11) is 0. The molecule has 94 valence electrons. The molecule has 1 aromatic carbocycles. The van der Waals surface area contributed by atoms with Crippen LogP contribution in [0.3, 0.4) is 0 Å². The lowest BCUT2D eigenvalue weighted by atomic mass is 9.94. The van der Waals surface area contributed by atoms with Crippen molar-refractivity contribution in [2.75, 3.05) is 17.2 Å². The number of benzene rings is 1. The Kier molecular flexibility index (Phi) is 2.96. The van der Waals surface area contributed by atoms with Crippen LogP contribution in [0.4, 0.5) is 10.8 Å². The van der Waals surface area contributed by atoms with Crippen molar-refractivity contribution in [2.24, 2.45) is 5.92 Å². The Bertz CT molecular complexity index is 549.